The van der Waals surface area contributed by atoms with Gasteiger partial charge in [-0.15, -0.1) is 5.10 Å². The van der Waals surface area contributed by atoms with Crippen LogP contribution in [0.1, 0.15) is 17.2 Å². The average Bonchev–Trinajstić information content (AvgIpc) is 3.07. The molecule has 1 aromatic carbocycles. The lowest BCUT2D eigenvalue weighted by Crippen LogP contribution is -2.09. The van der Waals surface area contributed by atoms with E-state index in [9.17, 15) is 17.6 Å². The number of anilines is 1. The number of hydrogen-bond acceptors (Lipinski definition) is 5. The third kappa shape index (κ3) is 3.37. The van der Waals surface area contributed by atoms with Crippen LogP contribution in [-0.2, 0) is 6.18 Å². The summed E-state index contributed by atoms with van der Waals surface area (Å²) in [5, 5.41) is 3.48. The molecule has 0 bridgehead atoms. The van der Waals surface area contributed by atoms with Gasteiger partial charge in [0, 0.05) is 17.0 Å². The summed E-state index contributed by atoms with van der Waals surface area (Å²) in [6, 6.07) is 8.81. The van der Waals surface area contributed by atoms with Gasteiger partial charge in [-0.3, -0.25) is 4.98 Å². The molecule has 4 aromatic rings. The highest BCUT2D eigenvalue weighted by molar-refractivity contribution is 5.90. The number of benzene rings is 1. The van der Waals surface area contributed by atoms with Crippen LogP contribution in [0.3, 0.4) is 0 Å². The van der Waals surface area contributed by atoms with E-state index in [1.807, 2.05) is 0 Å². The topological polar surface area (TPSA) is 82.0 Å². The highest BCUT2D eigenvalue weighted by Gasteiger charge is 2.37. The zero-order valence-corrected chi connectivity index (χ0v) is 15.3. The minimum Gasteiger partial charge on any atom is -0.368 e. The van der Waals surface area contributed by atoms with Gasteiger partial charge in [-0.05, 0) is 55.8 Å². The van der Waals surface area contributed by atoms with Gasteiger partial charge < -0.3 is 5.73 Å². The number of halogens is 4. The van der Waals surface area contributed by atoms with Crippen LogP contribution in [0, 0.1) is 19.7 Å². The molecule has 3 heterocycles. The molecule has 0 saturated carbocycles. The quantitative estimate of drug-likeness (QED) is 0.508. The smallest absolute Gasteiger partial charge is 0.368 e. The number of nitrogens with two attached hydrogens (primary N) is 1. The van der Waals surface area contributed by atoms with Gasteiger partial charge in [-0.1, -0.05) is 0 Å². The summed E-state index contributed by atoms with van der Waals surface area (Å²) in [6.07, 6.45) is -4.75. The molecule has 0 aliphatic carbocycles. The summed E-state index contributed by atoms with van der Waals surface area (Å²) in [6.45, 7) is 3.53. The second-order valence-corrected chi connectivity index (χ2v) is 6.51. The lowest BCUT2D eigenvalue weighted by Gasteiger charge is -2.13. The molecule has 0 amide bonds. The van der Waals surface area contributed by atoms with E-state index in [1.54, 1.807) is 26.0 Å². The molecule has 0 aliphatic rings. The maximum absolute atomic E-state index is 13.4. The Morgan fingerprint density at radius 3 is 2.10 bits per heavy atom. The van der Waals surface area contributed by atoms with Crippen LogP contribution in [-0.4, -0.2) is 24.6 Å². The number of aryl methyl sites for hydroxylation is 2. The van der Waals surface area contributed by atoms with E-state index < -0.39 is 17.8 Å². The molecule has 4 rings (SSSR count). The molecule has 6 nitrogen and oxygen atoms in total. The van der Waals surface area contributed by atoms with Gasteiger partial charge in [-0.25, -0.2) is 14.4 Å². The lowest BCUT2D eigenvalue weighted by atomic mass is 9.99. The second-order valence-electron chi connectivity index (χ2n) is 6.51. The van der Waals surface area contributed by atoms with E-state index >= 15 is 0 Å². The monoisotopic (exact) mass is 402 g/mol. The Morgan fingerprint density at radius 2 is 1.52 bits per heavy atom. The summed E-state index contributed by atoms with van der Waals surface area (Å²) in [7, 11) is 0. The Hall–Kier alpha value is -3.56. The normalized spacial score (nSPS) is 11.9. The number of pyridine rings is 1. The van der Waals surface area contributed by atoms with E-state index in [0.717, 1.165) is 4.52 Å². The van der Waals surface area contributed by atoms with Gasteiger partial charge >= 0.3 is 6.18 Å². The van der Waals surface area contributed by atoms with Crippen LogP contribution in [0.5, 0.6) is 0 Å². The minimum atomic E-state index is -4.75. The largest absolute Gasteiger partial charge is 0.453 e. The van der Waals surface area contributed by atoms with Crippen LogP contribution in [0.25, 0.3) is 28.0 Å². The molecule has 3 aromatic heterocycles. The van der Waals surface area contributed by atoms with Gasteiger partial charge in [0.15, 0.2) is 5.65 Å². The summed E-state index contributed by atoms with van der Waals surface area (Å²) in [5.41, 5.74) is 8.69. The first-order valence-electron chi connectivity index (χ1n) is 8.48. The molecule has 0 unspecified atom stereocenters. The lowest BCUT2D eigenvalue weighted by molar-refractivity contribution is -0.144. The zero-order valence-electron chi connectivity index (χ0n) is 15.3. The van der Waals surface area contributed by atoms with E-state index in [-0.39, 0.29) is 17.3 Å². The first kappa shape index (κ1) is 18.8. The Balaban J connectivity index is 2.12. The van der Waals surface area contributed by atoms with Crippen molar-refractivity contribution >= 4 is 11.6 Å². The van der Waals surface area contributed by atoms with E-state index in [2.05, 4.69) is 20.1 Å². The predicted molar refractivity (Wildman–Crippen MR) is 98.3 cm³/mol. The van der Waals surface area contributed by atoms with Crippen molar-refractivity contribution in [1.82, 2.24) is 24.6 Å². The third-order valence-corrected chi connectivity index (χ3v) is 4.25. The number of rotatable bonds is 2. The van der Waals surface area contributed by atoms with E-state index in [4.69, 9.17) is 5.73 Å². The molecule has 0 atom stereocenters. The zero-order chi connectivity index (χ0) is 20.9. The molecule has 0 fully saturated rings. The molecule has 0 saturated heterocycles. The maximum atomic E-state index is 13.4. The fourth-order valence-corrected chi connectivity index (χ4v) is 3.14. The molecular weight excluding hydrogens is 388 g/mol. The first-order valence-corrected chi connectivity index (χ1v) is 8.48. The summed E-state index contributed by atoms with van der Waals surface area (Å²) in [5.74, 6) is -2.05. The van der Waals surface area contributed by atoms with E-state index in [0.29, 0.717) is 28.1 Å². The fraction of sp³-hybridized carbons (Fsp3) is 0.158. The number of hydrogen-bond donors (Lipinski definition) is 1. The van der Waals surface area contributed by atoms with Crippen molar-refractivity contribution in [2.75, 3.05) is 5.73 Å². The Labute approximate surface area is 162 Å². The standard InChI is InChI=1S/C19H14F4N6/c1-9-7-12(8-10(2)25-9)14-15(11-3-5-13(20)6-4-11)26-18(24)29-16(14)27-17(28-29)19(21,22)23/h3-8H,1-2H3,(H2,24,26). The van der Waals surface area contributed by atoms with Crippen LogP contribution >= 0.6 is 0 Å². The van der Waals surface area contributed by atoms with Crippen LogP contribution < -0.4 is 5.73 Å². The molecule has 2 N–H and O–H groups in total. The van der Waals surface area contributed by atoms with Crippen molar-refractivity contribution in [3.05, 3.63) is 59.4 Å². The number of nitrogens with zero attached hydrogens (tertiary/aromatic N) is 5. The molecule has 0 aliphatic heterocycles. The third-order valence-electron chi connectivity index (χ3n) is 4.25. The number of alkyl halides is 3. The number of nitrogen functional groups attached to an aromatic ring is 1. The number of fused-ring (bicyclic) bond motifs is 1. The molecular formula is C19H14F4N6. The average molecular weight is 402 g/mol. The SMILES string of the molecule is Cc1cc(-c2c(-c3ccc(F)cc3)nc(N)n3nc(C(F)(F)F)nc23)cc(C)n1. The van der Waals surface area contributed by atoms with Crippen molar-refractivity contribution < 1.29 is 17.6 Å². The summed E-state index contributed by atoms with van der Waals surface area (Å²) in [4.78, 5) is 12.3. The van der Waals surface area contributed by atoms with Gasteiger partial charge in [-0.2, -0.15) is 17.7 Å². The van der Waals surface area contributed by atoms with Gasteiger partial charge in [0.2, 0.25) is 5.95 Å². The van der Waals surface area contributed by atoms with Crippen molar-refractivity contribution in [3.8, 4) is 22.4 Å². The highest BCUT2D eigenvalue weighted by Crippen LogP contribution is 2.37. The minimum absolute atomic E-state index is 0.103. The molecule has 0 spiro atoms. The number of aromatic nitrogens is 5. The molecule has 10 heteroatoms. The van der Waals surface area contributed by atoms with Crippen molar-refractivity contribution in [3.63, 3.8) is 0 Å². The Bertz CT molecular complexity index is 1210. The van der Waals surface area contributed by atoms with Crippen LogP contribution in [0.2, 0.25) is 0 Å². The van der Waals surface area contributed by atoms with Crippen molar-refractivity contribution in [1.29, 1.82) is 0 Å². The summed E-state index contributed by atoms with van der Waals surface area (Å²) < 4.78 is 54.0. The second kappa shape index (κ2) is 6.50. The van der Waals surface area contributed by atoms with Gasteiger partial charge in [0.1, 0.15) is 5.82 Å². The summed E-state index contributed by atoms with van der Waals surface area (Å²) >= 11 is 0. The molecule has 148 valence electrons. The predicted octanol–water partition coefficient (Wildman–Crippen LogP) is 4.21. The fourth-order valence-electron chi connectivity index (χ4n) is 3.14. The molecule has 0 radical (unpaired) electrons. The van der Waals surface area contributed by atoms with E-state index in [1.165, 1.54) is 24.3 Å². The van der Waals surface area contributed by atoms with Crippen molar-refractivity contribution in [2.45, 2.75) is 20.0 Å². The van der Waals surface area contributed by atoms with Gasteiger partial charge in [0.25, 0.3) is 5.82 Å². The van der Waals surface area contributed by atoms with Gasteiger partial charge in [0.05, 0.1) is 11.3 Å². The Morgan fingerprint density at radius 1 is 0.897 bits per heavy atom. The van der Waals surface area contributed by atoms with Crippen LogP contribution in [0.4, 0.5) is 23.5 Å². The molecule has 29 heavy (non-hydrogen) atoms. The van der Waals surface area contributed by atoms with Crippen LogP contribution in [0.15, 0.2) is 36.4 Å². The maximum Gasteiger partial charge on any atom is 0.453 e. The highest BCUT2D eigenvalue weighted by atomic mass is 19.4. The first-order chi connectivity index (χ1) is 13.6. The van der Waals surface area contributed by atoms with Crippen molar-refractivity contribution in [2.24, 2.45) is 0 Å². The Kier molecular flexibility index (Phi) is 4.21.